The van der Waals surface area contributed by atoms with Crippen molar-refractivity contribution in [1.29, 1.82) is 0 Å². The number of furan rings is 1. The van der Waals surface area contributed by atoms with Gasteiger partial charge in [0.05, 0.1) is 6.04 Å². The predicted octanol–water partition coefficient (Wildman–Crippen LogP) is 4.84. The summed E-state index contributed by atoms with van der Waals surface area (Å²) in [5.74, 6) is 1.04. The third-order valence-corrected chi connectivity index (χ3v) is 4.08. The van der Waals surface area contributed by atoms with Gasteiger partial charge in [-0.2, -0.15) is 0 Å². The Kier molecular flexibility index (Phi) is 2.56. The van der Waals surface area contributed by atoms with Crippen LogP contribution in [0.25, 0.3) is 11.0 Å². The molecule has 3 aromatic rings. The summed E-state index contributed by atoms with van der Waals surface area (Å²) in [6.07, 6.45) is 2.18. The number of rotatable bonds is 1. The van der Waals surface area contributed by atoms with Crippen molar-refractivity contribution in [2.24, 2.45) is 0 Å². The first-order chi connectivity index (χ1) is 9.79. The van der Waals surface area contributed by atoms with Crippen LogP contribution < -0.4 is 5.32 Å². The van der Waals surface area contributed by atoms with Gasteiger partial charge < -0.3 is 9.73 Å². The Balaban J connectivity index is 1.70. The van der Waals surface area contributed by atoms with E-state index in [4.69, 9.17) is 4.42 Å². The standard InChI is InChI=1S/C18H17NO/c1-12-6-9-17-14(10-12)11-18(20-17)16-8-7-13-4-2-3-5-15(13)19-16/h2-6,9-11,16,19H,7-8H2,1H3. The molecular weight excluding hydrogens is 246 g/mol. The lowest BCUT2D eigenvalue weighted by Gasteiger charge is -2.25. The van der Waals surface area contributed by atoms with E-state index in [1.165, 1.54) is 22.2 Å². The quantitative estimate of drug-likeness (QED) is 0.679. The van der Waals surface area contributed by atoms with Crippen LogP contribution >= 0.6 is 0 Å². The first-order valence-electron chi connectivity index (χ1n) is 7.14. The van der Waals surface area contributed by atoms with E-state index in [1.807, 2.05) is 0 Å². The summed E-state index contributed by atoms with van der Waals surface area (Å²) in [7, 11) is 0. The highest BCUT2D eigenvalue weighted by Gasteiger charge is 2.21. The van der Waals surface area contributed by atoms with Crippen molar-refractivity contribution < 1.29 is 4.42 Å². The fourth-order valence-electron chi connectivity index (χ4n) is 3.01. The summed E-state index contributed by atoms with van der Waals surface area (Å²) >= 11 is 0. The molecule has 0 saturated carbocycles. The van der Waals surface area contributed by atoms with E-state index < -0.39 is 0 Å². The molecule has 0 spiro atoms. The molecule has 4 rings (SSSR count). The minimum atomic E-state index is 0.276. The van der Waals surface area contributed by atoms with E-state index in [0.717, 1.165) is 24.2 Å². The largest absolute Gasteiger partial charge is 0.459 e. The van der Waals surface area contributed by atoms with E-state index >= 15 is 0 Å². The molecule has 2 aromatic carbocycles. The minimum absolute atomic E-state index is 0.276. The Morgan fingerprint density at radius 1 is 1.10 bits per heavy atom. The first kappa shape index (κ1) is 11.6. The van der Waals surface area contributed by atoms with Gasteiger partial charge in [-0.1, -0.05) is 29.8 Å². The zero-order valence-electron chi connectivity index (χ0n) is 11.5. The lowest BCUT2D eigenvalue weighted by Crippen LogP contribution is -2.17. The third-order valence-electron chi connectivity index (χ3n) is 4.08. The molecule has 0 bridgehead atoms. The van der Waals surface area contributed by atoms with Crippen LogP contribution in [0.2, 0.25) is 0 Å². The van der Waals surface area contributed by atoms with Crippen molar-refractivity contribution >= 4 is 16.7 Å². The molecule has 1 aromatic heterocycles. The molecule has 0 aliphatic carbocycles. The lowest BCUT2D eigenvalue weighted by atomic mass is 9.97. The van der Waals surface area contributed by atoms with Crippen molar-refractivity contribution in [2.45, 2.75) is 25.8 Å². The SMILES string of the molecule is Cc1ccc2oc(C3CCc4ccccc4N3)cc2c1. The molecule has 0 fully saturated rings. The molecule has 1 aliphatic rings. The van der Waals surface area contributed by atoms with Gasteiger partial charge in [0.1, 0.15) is 11.3 Å². The third kappa shape index (κ3) is 1.88. The summed E-state index contributed by atoms with van der Waals surface area (Å²) in [5, 5.41) is 4.79. The van der Waals surface area contributed by atoms with Crippen LogP contribution in [-0.4, -0.2) is 0 Å². The monoisotopic (exact) mass is 263 g/mol. The second-order valence-corrected chi connectivity index (χ2v) is 5.58. The zero-order valence-corrected chi connectivity index (χ0v) is 11.5. The summed E-state index contributed by atoms with van der Waals surface area (Å²) in [4.78, 5) is 0. The molecule has 1 N–H and O–H groups in total. The average molecular weight is 263 g/mol. The number of hydrogen-bond donors (Lipinski definition) is 1. The maximum Gasteiger partial charge on any atom is 0.134 e. The smallest absolute Gasteiger partial charge is 0.134 e. The summed E-state index contributed by atoms with van der Waals surface area (Å²) in [5.41, 5.74) is 4.88. The van der Waals surface area contributed by atoms with Gasteiger partial charge >= 0.3 is 0 Å². The van der Waals surface area contributed by atoms with Gasteiger partial charge in [0.2, 0.25) is 0 Å². The van der Waals surface area contributed by atoms with E-state index in [2.05, 4.69) is 60.8 Å². The highest BCUT2D eigenvalue weighted by molar-refractivity contribution is 5.79. The van der Waals surface area contributed by atoms with Crippen LogP contribution in [0.15, 0.2) is 52.9 Å². The van der Waals surface area contributed by atoms with Gasteiger partial charge in [0.25, 0.3) is 0 Å². The van der Waals surface area contributed by atoms with E-state index in [9.17, 15) is 0 Å². The Labute approximate surface area is 118 Å². The van der Waals surface area contributed by atoms with Crippen LogP contribution in [-0.2, 0) is 6.42 Å². The number of benzene rings is 2. The topological polar surface area (TPSA) is 25.2 Å². The highest BCUT2D eigenvalue weighted by atomic mass is 16.3. The van der Waals surface area contributed by atoms with Gasteiger partial charge in [-0.3, -0.25) is 0 Å². The fraction of sp³-hybridized carbons (Fsp3) is 0.222. The molecule has 1 unspecified atom stereocenters. The molecule has 100 valence electrons. The molecule has 0 amide bonds. The number of para-hydroxylation sites is 1. The molecular formula is C18H17NO. The van der Waals surface area contributed by atoms with Crippen LogP contribution in [0, 0.1) is 6.92 Å². The maximum absolute atomic E-state index is 6.02. The van der Waals surface area contributed by atoms with Crippen molar-refractivity contribution in [2.75, 3.05) is 5.32 Å². The molecule has 1 atom stereocenters. The van der Waals surface area contributed by atoms with Crippen LogP contribution in [0.4, 0.5) is 5.69 Å². The molecule has 2 nitrogen and oxygen atoms in total. The Morgan fingerprint density at radius 3 is 2.95 bits per heavy atom. The minimum Gasteiger partial charge on any atom is -0.459 e. The lowest BCUT2D eigenvalue weighted by molar-refractivity contribution is 0.489. The zero-order chi connectivity index (χ0) is 13.5. The van der Waals surface area contributed by atoms with Crippen molar-refractivity contribution in [3.05, 3.63) is 65.4 Å². The number of hydrogen-bond acceptors (Lipinski definition) is 2. The molecule has 2 heterocycles. The van der Waals surface area contributed by atoms with Crippen LogP contribution in [0.5, 0.6) is 0 Å². The first-order valence-corrected chi connectivity index (χ1v) is 7.14. The molecule has 0 saturated heterocycles. The second kappa shape index (κ2) is 4.41. The van der Waals surface area contributed by atoms with Crippen LogP contribution in [0.1, 0.15) is 29.3 Å². The van der Waals surface area contributed by atoms with Gasteiger partial charge in [-0.25, -0.2) is 0 Å². The van der Waals surface area contributed by atoms with Crippen LogP contribution in [0.3, 0.4) is 0 Å². The number of nitrogens with one attached hydrogen (secondary N) is 1. The summed E-state index contributed by atoms with van der Waals surface area (Å²) in [6, 6.07) is 17.3. The van der Waals surface area contributed by atoms with Gasteiger partial charge in [0.15, 0.2) is 0 Å². The molecule has 1 aliphatic heterocycles. The molecule has 2 heteroatoms. The number of anilines is 1. The second-order valence-electron chi connectivity index (χ2n) is 5.58. The van der Waals surface area contributed by atoms with Gasteiger partial charge in [0, 0.05) is 11.1 Å². The van der Waals surface area contributed by atoms with Gasteiger partial charge in [-0.05, 0) is 49.6 Å². The van der Waals surface area contributed by atoms with E-state index in [-0.39, 0.29) is 6.04 Å². The Morgan fingerprint density at radius 2 is 2.00 bits per heavy atom. The highest BCUT2D eigenvalue weighted by Crippen LogP contribution is 2.34. The number of fused-ring (bicyclic) bond motifs is 2. The normalized spacial score (nSPS) is 17.8. The molecule has 20 heavy (non-hydrogen) atoms. The van der Waals surface area contributed by atoms with Crippen molar-refractivity contribution in [3.63, 3.8) is 0 Å². The van der Waals surface area contributed by atoms with Gasteiger partial charge in [-0.15, -0.1) is 0 Å². The Hall–Kier alpha value is -2.22. The predicted molar refractivity (Wildman–Crippen MR) is 82.1 cm³/mol. The maximum atomic E-state index is 6.02. The Bertz CT molecular complexity index is 772. The fourth-order valence-corrected chi connectivity index (χ4v) is 3.01. The van der Waals surface area contributed by atoms with E-state index in [0.29, 0.717) is 0 Å². The summed E-state index contributed by atoms with van der Waals surface area (Å²) < 4.78 is 6.02. The van der Waals surface area contributed by atoms with E-state index in [1.54, 1.807) is 0 Å². The van der Waals surface area contributed by atoms with Crippen molar-refractivity contribution in [3.8, 4) is 0 Å². The number of aryl methyl sites for hydroxylation is 2. The average Bonchev–Trinajstić information content (AvgIpc) is 2.89. The molecule has 0 radical (unpaired) electrons. The van der Waals surface area contributed by atoms with Crippen molar-refractivity contribution in [1.82, 2.24) is 0 Å². The summed E-state index contributed by atoms with van der Waals surface area (Å²) in [6.45, 7) is 2.11.